The molecule has 1 nitrogen and oxygen atoms in total. The number of rotatable bonds is 2. The maximum Gasteiger partial charge on any atom is 0.130 e. The molecule has 0 spiro atoms. The highest BCUT2D eigenvalue weighted by atomic mass is 19.1. The van der Waals surface area contributed by atoms with Gasteiger partial charge in [-0.25, -0.2) is 4.39 Å². The summed E-state index contributed by atoms with van der Waals surface area (Å²) >= 11 is 0. The molecule has 2 heteroatoms. The van der Waals surface area contributed by atoms with Gasteiger partial charge in [0.1, 0.15) is 5.82 Å². The van der Waals surface area contributed by atoms with Gasteiger partial charge in [-0.2, -0.15) is 0 Å². The SMILES string of the molecule is CC(C)(CO)c1ccc2c(c1F)CCCC2. The molecule has 0 radical (unpaired) electrons. The van der Waals surface area contributed by atoms with Crippen LogP contribution in [0.5, 0.6) is 0 Å². The summed E-state index contributed by atoms with van der Waals surface area (Å²) in [5.74, 6) is -0.0868. The summed E-state index contributed by atoms with van der Waals surface area (Å²) < 4.78 is 14.3. The van der Waals surface area contributed by atoms with Crippen LogP contribution >= 0.6 is 0 Å². The lowest BCUT2D eigenvalue weighted by molar-refractivity contribution is 0.214. The van der Waals surface area contributed by atoms with Gasteiger partial charge < -0.3 is 5.11 Å². The van der Waals surface area contributed by atoms with Crippen LogP contribution < -0.4 is 0 Å². The van der Waals surface area contributed by atoms with E-state index in [1.165, 1.54) is 0 Å². The molecule has 0 amide bonds. The molecule has 0 aliphatic heterocycles. The van der Waals surface area contributed by atoms with Crippen molar-refractivity contribution in [2.75, 3.05) is 6.61 Å². The second-order valence-electron chi connectivity index (χ2n) is 5.31. The van der Waals surface area contributed by atoms with Gasteiger partial charge in [0.25, 0.3) is 0 Å². The number of fused-ring (bicyclic) bond motifs is 1. The Balaban J connectivity index is 2.50. The fourth-order valence-corrected chi connectivity index (χ4v) is 2.39. The summed E-state index contributed by atoms with van der Waals surface area (Å²) in [4.78, 5) is 0. The Labute approximate surface area is 96.3 Å². The summed E-state index contributed by atoms with van der Waals surface area (Å²) in [6.07, 6.45) is 4.07. The predicted octanol–water partition coefficient (Wildman–Crippen LogP) is 2.97. The van der Waals surface area contributed by atoms with Crippen LogP contribution in [0.4, 0.5) is 4.39 Å². The van der Waals surface area contributed by atoms with Crippen molar-refractivity contribution in [2.24, 2.45) is 0 Å². The molecule has 1 aliphatic rings. The third kappa shape index (κ3) is 1.86. The number of aliphatic hydroxyl groups excluding tert-OH is 1. The molecule has 1 aromatic rings. The van der Waals surface area contributed by atoms with E-state index in [4.69, 9.17) is 0 Å². The monoisotopic (exact) mass is 222 g/mol. The van der Waals surface area contributed by atoms with Crippen LogP contribution in [0.25, 0.3) is 0 Å². The normalized spacial score (nSPS) is 16.0. The quantitative estimate of drug-likeness (QED) is 0.815. The maximum absolute atomic E-state index is 14.3. The molecule has 1 aliphatic carbocycles. The molecule has 0 bridgehead atoms. The molecule has 0 fully saturated rings. The van der Waals surface area contributed by atoms with Crippen molar-refractivity contribution in [2.45, 2.75) is 44.9 Å². The van der Waals surface area contributed by atoms with Crippen LogP contribution in [0, 0.1) is 5.82 Å². The van der Waals surface area contributed by atoms with Crippen molar-refractivity contribution in [3.05, 3.63) is 34.6 Å². The van der Waals surface area contributed by atoms with Crippen molar-refractivity contribution in [1.82, 2.24) is 0 Å². The van der Waals surface area contributed by atoms with E-state index in [-0.39, 0.29) is 12.4 Å². The predicted molar refractivity (Wildman–Crippen MR) is 63.2 cm³/mol. The van der Waals surface area contributed by atoms with E-state index in [1.54, 1.807) is 0 Å². The number of benzene rings is 1. The van der Waals surface area contributed by atoms with Gasteiger partial charge in [-0.3, -0.25) is 0 Å². The van der Waals surface area contributed by atoms with Crippen LogP contribution in [0.3, 0.4) is 0 Å². The molecule has 0 saturated carbocycles. The molecule has 0 aromatic heterocycles. The second kappa shape index (κ2) is 4.17. The van der Waals surface area contributed by atoms with Gasteiger partial charge in [-0.1, -0.05) is 26.0 Å². The first-order valence-corrected chi connectivity index (χ1v) is 5.98. The largest absolute Gasteiger partial charge is 0.395 e. The minimum Gasteiger partial charge on any atom is -0.395 e. The number of hydrogen-bond donors (Lipinski definition) is 1. The van der Waals surface area contributed by atoms with E-state index >= 15 is 0 Å². The van der Waals surface area contributed by atoms with Crippen LogP contribution in [-0.2, 0) is 18.3 Å². The molecule has 0 saturated heterocycles. The summed E-state index contributed by atoms with van der Waals surface area (Å²) in [6, 6.07) is 3.88. The number of hydrogen-bond acceptors (Lipinski definition) is 1. The Hall–Kier alpha value is -0.890. The summed E-state index contributed by atoms with van der Waals surface area (Å²) in [5.41, 5.74) is 2.19. The molecule has 1 aromatic carbocycles. The Morgan fingerprint density at radius 3 is 2.62 bits per heavy atom. The second-order valence-corrected chi connectivity index (χ2v) is 5.31. The zero-order valence-corrected chi connectivity index (χ0v) is 10.0. The number of halogens is 1. The third-order valence-corrected chi connectivity index (χ3v) is 3.59. The Bertz CT molecular complexity index is 396. The Kier molecular flexibility index (Phi) is 3.02. The van der Waals surface area contributed by atoms with Gasteiger partial charge in [0.2, 0.25) is 0 Å². The fraction of sp³-hybridized carbons (Fsp3) is 0.571. The van der Waals surface area contributed by atoms with Gasteiger partial charge in [0, 0.05) is 5.41 Å². The maximum atomic E-state index is 14.3. The standard InChI is InChI=1S/C14H19FO/c1-14(2,9-16)12-8-7-10-5-3-4-6-11(10)13(12)15/h7-8,16H,3-6,9H2,1-2H3. The van der Waals surface area contributed by atoms with Gasteiger partial charge in [0.15, 0.2) is 0 Å². The van der Waals surface area contributed by atoms with E-state index in [2.05, 4.69) is 0 Å². The number of aliphatic hydroxyl groups is 1. The Morgan fingerprint density at radius 1 is 1.25 bits per heavy atom. The van der Waals surface area contributed by atoms with Gasteiger partial charge in [0.05, 0.1) is 6.61 Å². The van der Waals surface area contributed by atoms with Crippen molar-refractivity contribution < 1.29 is 9.50 Å². The topological polar surface area (TPSA) is 20.2 Å². The zero-order valence-electron chi connectivity index (χ0n) is 10.0. The first-order valence-electron chi connectivity index (χ1n) is 5.98. The lowest BCUT2D eigenvalue weighted by atomic mass is 9.81. The van der Waals surface area contributed by atoms with Crippen molar-refractivity contribution >= 4 is 0 Å². The molecule has 2 rings (SSSR count). The van der Waals surface area contributed by atoms with Crippen molar-refractivity contribution in [3.8, 4) is 0 Å². The smallest absolute Gasteiger partial charge is 0.130 e. The lowest BCUT2D eigenvalue weighted by Crippen LogP contribution is -2.25. The first-order chi connectivity index (χ1) is 7.56. The van der Waals surface area contributed by atoms with Crippen LogP contribution in [0.15, 0.2) is 12.1 Å². The average molecular weight is 222 g/mol. The van der Waals surface area contributed by atoms with Crippen LogP contribution in [-0.4, -0.2) is 11.7 Å². The lowest BCUT2D eigenvalue weighted by Gasteiger charge is -2.26. The molecule has 88 valence electrons. The van der Waals surface area contributed by atoms with E-state index in [9.17, 15) is 9.50 Å². The molecular weight excluding hydrogens is 203 g/mol. The minimum atomic E-state index is -0.490. The molecule has 1 N–H and O–H groups in total. The van der Waals surface area contributed by atoms with E-state index < -0.39 is 5.41 Å². The highest BCUT2D eigenvalue weighted by Gasteiger charge is 2.26. The fourth-order valence-electron chi connectivity index (χ4n) is 2.39. The first kappa shape index (κ1) is 11.6. The summed E-state index contributed by atoms with van der Waals surface area (Å²) in [7, 11) is 0. The molecule has 0 atom stereocenters. The molecule has 0 unspecified atom stereocenters. The van der Waals surface area contributed by atoms with Crippen LogP contribution in [0.1, 0.15) is 43.4 Å². The van der Waals surface area contributed by atoms with Gasteiger partial charge in [-0.05, 0) is 42.4 Å². The number of aryl methyl sites for hydroxylation is 1. The molecule has 0 heterocycles. The highest BCUT2D eigenvalue weighted by Crippen LogP contribution is 2.32. The minimum absolute atomic E-state index is 0.0251. The Morgan fingerprint density at radius 2 is 1.94 bits per heavy atom. The zero-order chi connectivity index (χ0) is 11.8. The van der Waals surface area contributed by atoms with Gasteiger partial charge >= 0.3 is 0 Å². The van der Waals surface area contributed by atoms with Crippen molar-refractivity contribution in [3.63, 3.8) is 0 Å². The van der Waals surface area contributed by atoms with Crippen molar-refractivity contribution in [1.29, 1.82) is 0 Å². The van der Waals surface area contributed by atoms with Crippen LogP contribution in [0.2, 0.25) is 0 Å². The summed E-state index contributed by atoms with van der Waals surface area (Å²) in [6.45, 7) is 3.73. The average Bonchev–Trinajstić information content (AvgIpc) is 2.29. The van der Waals surface area contributed by atoms with Gasteiger partial charge in [-0.15, -0.1) is 0 Å². The third-order valence-electron chi connectivity index (χ3n) is 3.59. The highest BCUT2D eigenvalue weighted by molar-refractivity contribution is 5.38. The van der Waals surface area contributed by atoms with E-state index in [1.807, 2.05) is 26.0 Å². The molecular formula is C14H19FO. The molecule has 16 heavy (non-hydrogen) atoms. The van der Waals surface area contributed by atoms with E-state index in [0.717, 1.165) is 36.8 Å². The summed E-state index contributed by atoms with van der Waals surface area (Å²) in [5, 5.41) is 9.31. The van der Waals surface area contributed by atoms with E-state index in [0.29, 0.717) is 5.56 Å².